The Morgan fingerprint density at radius 2 is 1.33 bits per heavy atom. The first-order valence-electron chi connectivity index (χ1n) is 13.6. The van der Waals surface area contributed by atoms with Crippen LogP contribution >= 0.6 is 12.3 Å². The van der Waals surface area contributed by atoms with Gasteiger partial charge in [-0.05, 0) is 66.7 Å². The number of rotatable bonds is 15. The molecule has 4 rings (SSSR count). The predicted molar refractivity (Wildman–Crippen MR) is 175 cm³/mol. The van der Waals surface area contributed by atoms with Crippen molar-refractivity contribution < 1.29 is 147 Å². The first-order chi connectivity index (χ1) is 24.0. The third-order valence-electron chi connectivity index (χ3n) is 6.39. The minimum atomic E-state index is -5.23. The Morgan fingerprint density at radius 1 is 0.741 bits per heavy atom. The minimum Gasteiger partial charge on any atom is -0.744 e. The summed E-state index contributed by atoms with van der Waals surface area (Å²) in [6.45, 7) is -0.303. The molecular formula is C27H22N7Na3O13S4. The van der Waals surface area contributed by atoms with Gasteiger partial charge < -0.3 is 31.1 Å². The third-order valence-corrected chi connectivity index (χ3v) is 10.2. The summed E-state index contributed by atoms with van der Waals surface area (Å²) >= 11 is 0.177. The van der Waals surface area contributed by atoms with E-state index >= 15 is 0 Å². The Labute approximate surface area is 379 Å². The zero-order chi connectivity index (χ0) is 37.4. The van der Waals surface area contributed by atoms with Crippen molar-refractivity contribution >= 4 is 88.1 Å². The molecule has 1 amide bonds. The van der Waals surface area contributed by atoms with Crippen LogP contribution < -0.4 is 111 Å². The predicted octanol–water partition coefficient (Wildman–Crippen LogP) is -5.67. The van der Waals surface area contributed by atoms with Gasteiger partial charge in [-0.3, -0.25) is 14.0 Å². The second-order valence-electron chi connectivity index (χ2n) is 9.72. The third kappa shape index (κ3) is 13.9. The van der Waals surface area contributed by atoms with Crippen LogP contribution in [0, 0.1) is 0 Å². The average Bonchev–Trinajstić information content (AvgIpc) is 3.07. The number of nitrogens with one attached hydrogen (secondary N) is 1. The summed E-state index contributed by atoms with van der Waals surface area (Å²) in [7, 11) is -14.0. The normalized spacial score (nSPS) is 11.8. The number of nitrogens with two attached hydrogens (primary N) is 2. The molecule has 5 N–H and O–H groups in total. The van der Waals surface area contributed by atoms with Gasteiger partial charge in [-0.1, -0.05) is 12.1 Å². The maximum atomic E-state index is 12.8. The van der Waals surface area contributed by atoms with E-state index < -0.39 is 80.0 Å². The molecule has 0 spiro atoms. The van der Waals surface area contributed by atoms with Gasteiger partial charge in [-0.2, -0.15) is 5.11 Å². The van der Waals surface area contributed by atoms with Gasteiger partial charge in [0.1, 0.15) is 37.3 Å². The van der Waals surface area contributed by atoms with Gasteiger partial charge in [-0.25, -0.2) is 25.3 Å². The van der Waals surface area contributed by atoms with Crippen molar-refractivity contribution in [3.05, 3.63) is 84.4 Å². The second-order valence-corrected chi connectivity index (χ2v) is 15.0. The molecule has 4 aromatic rings. The van der Waals surface area contributed by atoms with Crippen molar-refractivity contribution in [1.82, 2.24) is 0 Å². The van der Waals surface area contributed by atoms with Gasteiger partial charge in [0.2, 0.25) is 0 Å². The molecule has 0 saturated heterocycles. The summed E-state index contributed by atoms with van der Waals surface area (Å²) in [6.07, 6.45) is 0. The van der Waals surface area contributed by atoms with E-state index in [1.165, 1.54) is 60.7 Å². The van der Waals surface area contributed by atoms with Gasteiger partial charge in [0, 0.05) is 11.3 Å². The molecule has 0 aliphatic carbocycles. The van der Waals surface area contributed by atoms with E-state index in [0.717, 1.165) is 12.1 Å². The molecule has 27 heteroatoms. The zero-order valence-electron chi connectivity index (χ0n) is 28.3. The maximum absolute atomic E-state index is 12.8. The minimum absolute atomic E-state index is 0. The van der Waals surface area contributed by atoms with E-state index in [0.29, 0.717) is 6.07 Å². The number of hydrogen-bond donors (Lipinski definition) is 3. The van der Waals surface area contributed by atoms with Crippen LogP contribution in [0.1, 0.15) is 10.4 Å². The molecule has 0 aliphatic heterocycles. The number of carbonyl (C=O) groups is 1. The van der Waals surface area contributed by atoms with E-state index in [9.17, 15) is 44.4 Å². The summed E-state index contributed by atoms with van der Waals surface area (Å²) in [5, 5.41) is 30.6. The standard InChI is InChI=1S/C27H25N7O13S4.3Na/c28-24-21(33-32-20-3-1-2-4-22(20)50(39,40)41)15-23(51(42,43)44)25(29)26(24)34-31-18-7-5-16(6-8-18)27(35)30-17-9-11-19(12-10-17)49(37,38)14-13-45-48-47-46-36;;;/h1-12,15,36H,13-14,28-29H2,(H,30,35)(H,39,40,41)(H,42,43,44);;;/q;3*+1/p-3. The van der Waals surface area contributed by atoms with Crippen molar-refractivity contribution in [1.29, 1.82) is 0 Å². The van der Waals surface area contributed by atoms with E-state index in [-0.39, 0.29) is 129 Å². The molecule has 54 heavy (non-hydrogen) atoms. The fourth-order valence-electron chi connectivity index (χ4n) is 3.98. The molecule has 0 atom stereocenters. The van der Waals surface area contributed by atoms with Crippen molar-refractivity contribution in [3.8, 4) is 0 Å². The van der Waals surface area contributed by atoms with Crippen molar-refractivity contribution in [2.24, 2.45) is 20.5 Å². The van der Waals surface area contributed by atoms with Crippen LogP contribution in [0.25, 0.3) is 0 Å². The van der Waals surface area contributed by atoms with Crippen molar-refractivity contribution in [2.45, 2.75) is 14.7 Å². The average molecular weight is 850 g/mol. The van der Waals surface area contributed by atoms with Crippen LogP contribution in [0.15, 0.2) is 114 Å². The Balaban J connectivity index is 0.00000486. The monoisotopic (exact) mass is 849 g/mol. The molecule has 0 heterocycles. The number of nitrogens with zero attached hydrogens (tertiary/aromatic N) is 4. The van der Waals surface area contributed by atoms with Crippen LogP contribution in [-0.2, 0) is 43.6 Å². The Hall–Kier alpha value is -1.89. The van der Waals surface area contributed by atoms with Crippen LogP contribution in [-0.4, -0.2) is 52.6 Å². The topological polar surface area (TPSA) is 330 Å². The summed E-state index contributed by atoms with van der Waals surface area (Å²) in [5.74, 6) is -1.01. The molecular weight excluding hydrogens is 828 g/mol. The number of carbonyl (C=O) groups excluding carboxylic acids is 1. The van der Waals surface area contributed by atoms with Gasteiger partial charge in [0.05, 0.1) is 44.1 Å². The van der Waals surface area contributed by atoms with E-state index in [2.05, 4.69) is 35.1 Å². The molecule has 0 radical (unpaired) electrons. The molecule has 0 bridgehead atoms. The van der Waals surface area contributed by atoms with Gasteiger partial charge in [0.25, 0.3) is 5.91 Å². The molecule has 270 valence electrons. The molecule has 0 unspecified atom stereocenters. The fourth-order valence-corrected chi connectivity index (χ4v) is 6.62. The van der Waals surface area contributed by atoms with Gasteiger partial charge in [0.15, 0.2) is 22.2 Å². The van der Waals surface area contributed by atoms with E-state index in [4.69, 9.17) is 15.7 Å². The molecule has 4 aromatic carbocycles. The SMILES string of the molecule is Nc1c(N=Nc2ccccc2S(=O)(=O)[O-])cc(S(=O)(=O)[O-])c(N)c1N=Nc1ccc(C(=O)Nc2ccc(S(=O)(=O)CCOSOO[O-])cc2)cc1.[Na+].[Na+].[Na+]. The van der Waals surface area contributed by atoms with Crippen LogP contribution in [0.2, 0.25) is 0 Å². The number of hydrogen-bond acceptors (Lipinski definition) is 20. The summed E-state index contributed by atoms with van der Waals surface area (Å²) in [5.41, 5.74) is 10.1. The first-order valence-corrected chi connectivity index (χ1v) is 18.7. The van der Waals surface area contributed by atoms with E-state index in [1.807, 2.05) is 0 Å². The Morgan fingerprint density at radius 3 is 1.93 bits per heavy atom. The molecule has 20 nitrogen and oxygen atoms in total. The first kappa shape index (κ1) is 50.1. The van der Waals surface area contributed by atoms with Crippen LogP contribution in [0.4, 0.5) is 39.8 Å². The summed E-state index contributed by atoms with van der Waals surface area (Å²) in [4.78, 5) is 11.0. The second kappa shape index (κ2) is 22.2. The van der Waals surface area contributed by atoms with Crippen LogP contribution in [0.3, 0.4) is 0 Å². The van der Waals surface area contributed by atoms with Gasteiger partial charge >= 0.3 is 88.7 Å². The van der Waals surface area contributed by atoms with Crippen molar-refractivity contribution in [3.63, 3.8) is 0 Å². The fraction of sp³-hybridized carbons (Fsp3) is 0.0741. The van der Waals surface area contributed by atoms with Crippen molar-refractivity contribution in [2.75, 3.05) is 29.1 Å². The largest absolute Gasteiger partial charge is 1.00 e. The number of sulfone groups is 1. The molecule has 0 saturated carbocycles. The quantitative estimate of drug-likeness (QED) is 0.0147. The molecule has 0 fully saturated rings. The Kier molecular flexibility index (Phi) is 20.6. The van der Waals surface area contributed by atoms with E-state index in [1.54, 1.807) is 0 Å². The number of azo groups is 2. The zero-order valence-corrected chi connectivity index (χ0v) is 37.6. The van der Waals surface area contributed by atoms with Gasteiger partial charge in [-0.15, -0.1) is 19.7 Å². The molecule has 0 aromatic heterocycles. The summed E-state index contributed by atoms with van der Waals surface area (Å²) < 4.78 is 104. The Bertz CT molecular complexity index is 2320. The smallest absolute Gasteiger partial charge is 0.744 e. The number of amides is 1. The number of benzene rings is 4. The number of anilines is 3. The van der Waals surface area contributed by atoms with Crippen LogP contribution in [0.5, 0.6) is 0 Å². The maximum Gasteiger partial charge on any atom is 1.00 e. The number of nitrogen functional groups attached to an aromatic ring is 2. The molecule has 0 aliphatic rings. The summed E-state index contributed by atoms with van der Waals surface area (Å²) in [6, 6.07) is 16.1.